The van der Waals surface area contributed by atoms with Crippen molar-refractivity contribution in [1.82, 2.24) is 5.32 Å². The first-order valence-corrected chi connectivity index (χ1v) is 7.23. The van der Waals surface area contributed by atoms with Gasteiger partial charge >= 0.3 is 0 Å². The molecule has 1 fully saturated rings. The zero-order valence-electron chi connectivity index (χ0n) is 10.7. The smallest absolute Gasteiger partial charge is 0.0216 e. The van der Waals surface area contributed by atoms with Crippen LogP contribution in [0.4, 0.5) is 0 Å². The van der Waals surface area contributed by atoms with Gasteiger partial charge in [0.1, 0.15) is 0 Å². The molecule has 0 spiro atoms. The van der Waals surface area contributed by atoms with E-state index in [1.165, 1.54) is 41.1 Å². The van der Waals surface area contributed by atoms with Crippen LogP contribution in [0, 0.1) is 25.7 Å². The Hall–Kier alpha value is -0.340. The Labute approximate surface area is 103 Å². The summed E-state index contributed by atoms with van der Waals surface area (Å²) in [7, 11) is 0. The number of hydrogen-bond acceptors (Lipinski definition) is 2. The zero-order chi connectivity index (χ0) is 11.5. The van der Waals surface area contributed by atoms with Crippen molar-refractivity contribution in [3.8, 4) is 0 Å². The van der Waals surface area contributed by atoms with Crippen LogP contribution in [-0.4, -0.2) is 6.54 Å². The fraction of sp³-hybridized carbons (Fsp3) is 0.714. The third kappa shape index (κ3) is 3.08. The van der Waals surface area contributed by atoms with Gasteiger partial charge in [0.25, 0.3) is 0 Å². The Morgan fingerprint density at radius 3 is 2.75 bits per heavy atom. The molecule has 1 aromatic heterocycles. The zero-order valence-corrected chi connectivity index (χ0v) is 11.5. The molecule has 1 aromatic rings. The minimum atomic E-state index is 0.926. The average Bonchev–Trinajstić information content (AvgIpc) is 2.74. The van der Waals surface area contributed by atoms with E-state index in [2.05, 4.69) is 32.2 Å². The molecule has 0 bridgehead atoms. The second-order valence-electron chi connectivity index (χ2n) is 5.35. The van der Waals surface area contributed by atoms with Crippen LogP contribution in [0.2, 0.25) is 0 Å². The highest BCUT2D eigenvalue weighted by atomic mass is 32.1. The van der Waals surface area contributed by atoms with Crippen molar-refractivity contribution < 1.29 is 0 Å². The van der Waals surface area contributed by atoms with Gasteiger partial charge in [0, 0.05) is 16.3 Å². The number of rotatable bonds is 4. The normalized spacial score (nSPS) is 25.2. The molecule has 1 nitrogen and oxygen atoms in total. The van der Waals surface area contributed by atoms with Crippen molar-refractivity contribution in [2.24, 2.45) is 11.8 Å². The van der Waals surface area contributed by atoms with E-state index in [1.807, 2.05) is 11.3 Å². The summed E-state index contributed by atoms with van der Waals surface area (Å²) in [4.78, 5) is 2.91. The van der Waals surface area contributed by atoms with Crippen molar-refractivity contribution >= 4 is 11.3 Å². The van der Waals surface area contributed by atoms with Crippen molar-refractivity contribution in [2.45, 2.75) is 46.6 Å². The highest BCUT2D eigenvalue weighted by Crippen LogP contribution is 2.29. The Morgan fingerprint density at radius 1 is 1.38 bits per heavy atom. The summed E-state index contributed by atoms with van der Waals surface area (Å²) in [5.74, 6) is 1.88. The molecule has 1 heterocycles. The fourth-order valence-electron chi connectivity index (χ4n) is 2.78. The van der Waals surface area contributed by atoms with Gasteiger partial charge in [-0.15, -0.1) is 11.3 Å². The molecule has 0 aliphatic heterocycles. The molecule has 0 saturated heterocycles. The molecule has 0 amide bonds. The maximum atomic E-state index is 3.62. The lowest BCUT2D eigenvalue weighted by atomic mass is 10.1. The molecule has 1 saturated carbocycles. The van der Waals surface area contributed by atoms with Gasteiger partial charge in [-0.25, -0.2) is 0 Å². The predicted molar refractivity (Wildman–Crippen MR) is 72.0 cm³/mol. The fourth-order valence-corrected chi connectivity index (χ4v) is 3.73. The number of thiophene rings is 1. The molecular weight excluding hydrogens is 214 g/mol. The van der Waals surface area contributed by atoms with E-state index in [0.717, 1.165) is 18.4 Å². The lowest BCUT2D eigenvalue weighted by Crippen LogP contribution is -2.21. The van der Waals surface area contributed by atoms with E-state index < -0.39 is 0 Å². The molecule has 16 heavy (non-hydrogen) atoms. The van der Waals surface area contributed by atoms with E-state index in [0.29, 0.717) is 0 Å². The highest BCUT2D eigenvalue weighted by molar-refractivity contribution is 7.12. The Kier molecular flexibility index (Phi) is 4.04. The SMILES string of the molecule is Cc1cc(CNCC2CCC(C)C2)c(C)s1. The second kappa shape index (κ2) is 5.33. The molecule has 1 N–H and O–H groups in total. The van der Waals surface area contributed by atoms with Gasteiger partial charge in [-0.3, -0.25) is 0 Å². The third-order valence-electron chi connectivity index (χ3n) is 3.70. The van der Waals surface area contributed by atoms with E-state index >= 15 is 0 Å². The minimum absolute atomic E-state index is 0.926. The van der Waals surface area contributed by atoms with E-state index in [9.17, 15) is 0 Å². The van der Waals surface area contributed by atoms with E-state index in [1.54, 1.807) is 0 Å². The van der Waals surface area contributed by atoms with E-state index in [-0.39, 0.29) is 0 Å². The summed E-state index contributed by atoms with van der Waals surface area (Å²) in [6.45, 7) is 9.07. The van der Waals surface area contributed by atoms with Crippen LogP contribution in [0.5, 0.6) is 0 Å². The Balaban J connectivity index is 1.74. The molecule has 2 rings (SSSR count). The van der Waals surface area contributed by atoms with Crippen molar-refractivity contribution in [1.29, 1.82) is 0 Å². The standard InChI is InChI=1S/C14H23NS/c1-10-4-5-13(6-10)8-15-9-14-7-11(2)16-12(14)3/h7,10,13,15H,4-6,8-9H2,1-3H3. The van der Waals surface area contributed by atoms with Gasteiger partial charge in [0.2, 0.25) is 0 Å². The third-order valence-corrected chi connectivity index (χ3v) is 4.70. The largest absolute Gasteiger partial charge is 0.312 e. The quantitative estimate of drug-likeness (QED) is 0.837. The Bertz CT molecular complexity index is 343. The van der Waals surface area contributed by atoms with Crippen LogP contribution in [0.15, 0.2) is 6.07 Å². The Morgan fingerprint density at radius 2 is 2.19 bits per heavy atom. The van der Waals surface area contributed by atoms with Crippen LogP contribution in [0.3, 0.4) is 0 Å². The molecule has 2 unspecified atom stereocenters. The van der Waals surface area contributed by atoms with Gasteiger partial charge < -0.3 is 5.32 Å². The first-order valence-electron chi connectivity index (χ1n) is 6.41. The maximum absolute atomic E-state index is 3.62. The highest BCUT2D eigenvalue weighted by Gasteiger charge is 2.20. The number of aryl methyl sites for hydroxylation is 2. The molecule has 0 radical (unpaired) electrons. The van der Waals surface area contributed by atoms with Gasteiger partial charge in [0.05, 0.1) is 0 Å². The molecule has 2 heteroatoms. The molecule has 1 aliphatic carbocycles. The second-order valence-corrected chi connectivity index (χ2v) is 6.81. The van der Waals surface area contributed by atoms with Gasteiger partial charge in [-0.1, -0.05) is 13.3 Å². The van der Waals surface area contributed by atoms with Crippen LogP contribution in [0.25, 0.3) is 0 Å². The molecule has 1 aliphatic rings. The van der Waals surface area contributed by atoms with Crippen molar-refractivity contribution in [2.75, 3.05) is 6.54 Å². The van der Waals surface area contributed by atoms with Crippen LogP contribution < -0.4 is 5.32 Å². The van der Waals surface area contributed by atoms with Gasteiger partial charge in [-0.05, 0) is 56.7 Å². The topological polar surface area (TPSA) is 12.0 Å². The number of nitrogens with one attached hydrogen (secondary N) is 1. The molecule has 90 valence electrons. The van der Waals surface area contributed by atoms with Crippen LogP contribution >= 0.6 is 11.3 Å². The summed E-state index contributed by atoms with van der Waals surface area (Å²) in [6.07, 6.45) is 4.29. The monoisotopic (exact) mass is 237 g/mol. The van der Waals surface area contributed by atoms with E-state index in [4.69, 9.17) is 0 Å². The molecule has 2 atom stereocenters. The van der Waals surface area contributed by atoms with Crippen molar-refractivity contribution in [3.63, 3.8) is 0 Å². The summed E-state index contributed by atoms with van der Waals surface area (Å²) in [5, 5.41) is 3.62. The summed E-state index contributed by atoms with van der Waals surface area (Å²) >= 11 is 1.91. The first kappa shape index (κ1) is 12.1. The average molecular weight is 237 g/mol. The molecule has 0 aromatic carbocycles. The molecular formula is C14H23NS. The first-order chi connectivity index (χ1) is 7.65. The summed E-state index contributed by atoms with van der Waals surface area (Å²) in [6, 6.07) is 2.32. The lowest BCUT2D eigenvalue weighted by Gasteiger charge is -2.10. The van der Waals surface area contributed by atoms with Gasteiger partial charge in [0.15, 0.2) is 0 Å². The minimum Gasteiger partial charge on any atom is -0.312 e. The van der Waals surface area contributed by atoms with Gasteiger partial charge in [-0.2, -0.15) is 0 Å². The van der Waals surface area contributed by atoms with Crippen LogP contribution in [-0.2, 0) is 6.54 Å². The predicted octanol–water partition coefficient (Wildman–Crippen LogP) is 3.89. The lowest BCUT2D eigenvalue weighted by molar-refractivity contribution is 0.470. The summed E-state index contributed by atoms with van der Waals surface area (Å²) < 4.78 is 0. The van der Waals surface area contributed by atoms with Crippen LogP contribution in [0.1, 0.15) is 41.5 Å². The maximum Gasteiger partial charge on any atom is 0.0216 e. The number of hydrogen-bond donors (Lipinski definition) is 1. The van der Waals surface area contributed by atoms with Crippen molar-refractivity contribution in [3.05, 3.63) is 21.4 Å². The summed E-state index contributed by atoms with van der Waals surface area (Å²) in [5.41, 5.74) is 1.49.